The average Bonchev–Trinajstić information content (AvgIpc) is 2.08. The van der Waals surface area contributed by atoms with Crippen molar-refractivity contribution in [3.05, 3.63) is 0 Å². The number of esters is 1. The van der Waals surface area contributed by atoms with Gasteiger partial charge in [-0.25, -0.2) is 0 Å². The molecule has 1 aliphatic carbocycles. The third-order valence-corrected chi connectivity index (χ3v) is 2.79. The number of ether oxygens (including phenoxy) is 3. The Morgan fingerprint density at radius 3 is 2.53 bits per heavy atom. The van der Waals surface area contributed by atoms with E-state index in [2.05, 4.69) is 0 Å². The lowest BCUT2D eigenvalue weighted by atomic mass is 9.66. The Labute approximate surface area is 87.7 Å². The first-order valence-corrected chi connectivity index (χ1v) is 5.08. The monoisotopic (exact) mass is 214 g/mol. The van der Waals surface area contributed by atoms with Gasteiger partial charge >= 0.3 is 5.97 Å². The molecule has 1 heterocycles. The summed E-state index contributed by atoms with van der Waals surface area (Å²) >= 11 is 0. The molecule has 0 amide bonds. The van der Waals surface area contributed by atoms with Gasteiger partial charge in [0.25, 0.3) is 0 Å². The highest BCUT2D eigenvalue weighted by Gasteiger charge is 2.61. The van der Waals surface area contributed by atoms with Crippen LogP contribution in [0, 0.1) is 5.41 Å². The third kappa shape index (κ3) is 1.55. The van der Waals surface area contributed by atoms with Crippen LogP contribution in [-0.4, -0.2) is 30.9 Å². The number of rotatable bonds is 3. The van der Waals surface area contributed by atoms with Gasteiger partial charge in [0.1, 0.15) is 11.2 Å². The van der Waals surface area contributed by atoms with Crippen LogP contribution in [0.1, 0.15) is 26.7 Å². The highest BCUT2D eigenvalue weighted by Crippen LogP contribution is 2.47. The van der Waals surface area contributed by atoms with Gasteiger partial charge in [0, 0.05) is 12.8 Å². The van der Waals surface area contributed by atoms with E-state index >= 15 is 0 Å². The number of hydrogen-bond acceptors (Lipinski definition) is 5. The van der Waals surface area contributed by atoms with Crippen LogP contribution in [0.25, 0.3) is 0 Å². The smallest absolute Gasteiger partial charge is 0.318 e. The van der Waals surface area contributed by atoms with Gasteiger partial charge in [0.15, 0.2) is 12.6 Å². The number of Topliss-reactive ketones (excluding diaryl/α,β-unsaturated/α-hetero) is 1. The zero-order valence-corrected chi connectivity index (χ0v) is 8.82. The summed E-state index contributed by atoms with van der Waals surface area (Å²) in [4.78, 5) is 22.7. The maximum Gasteiger partial charge on any atom is 0.318 e. The Morgan fingerprint density at radius 1 is 1.53 bits per heavy atom. The second-order valence-electron chi connectivity index (χ2n) is 3.94. The van der Waals surface area contributed by atoms with Gasteiger partial charge in [0.05, 0.1) is 6.61 Å². The van der Waals surface area contributed by atoms with E-state index in [0.717, 1.165) is 0 Å². The quantitative estimate of drug-likeness (QED) is 0.644. The molecule has 1 saturated heterocycles. The molecule has 2 aliphatic rings. The molecule has 0 bridgehead atoms. The molecule has 5 nitrogen and oxygen atoms in total. The first kappa shape index (κ1) is 10.6. The minimum atomic E-state index is -0.875. The number of ketones is 1. The molecule has 0 aromatic heterocycles. The molecule has 0 aromatic carbocycles. The second-order valence-corrected chi connectivity index (χ2v) is 3.94. The molecular weight excluding hydrogens is 200 g/mol. The fourth-order valence-electron chi connectivity index (χ4n) is 1.95. The van der Waals surface area contributed by atoms with Crippen molar-refractivity contribution in [3.63, 3.8) is 0 Å². The van der Waals surface area contributed by atoms with E-state index < -0.39 is 11.7 Å². The van der Waals surface area contributed by atoms with Gasteiger partial charge in [-0.05, 0) is 13.8 Å². The zero-order chi connectivity index (χ0) is 11.1. The number of hydrogen-bond donors (Lipinski definition) is 0. The van der Waals surface area contributed by atoms with Crippen LogP contribution in [0.15, 0.2) is 0 Å². The molecule has 0 spiro atoms. The third-order valence-electron chi connectivity index (χ3n) is 2.79. The SMILES string of the molecule is CCOC(=O)C1(C2OC(C)O2)CC(=O)C1. The van der Waals surface area contributed by atoms with Gasteiger partial charge in [-0.15, -0.1) is 0 Å². The summed E-state index contributed by atoms with van der Waals surface area (Å²) in [7, 11) is 0. The summed E-state index contributed by atoms with van der Waals surface area (Å²) in [6.07, 6.45) is -0.562. The maximum atomic E-state index is 11.7. The highest BCUT2D eigenvalue weighted by atomic mass is 16.9. The lowest BCUT2D eigenvalue weighted by Gasteiger charge is -2.49. The van der Waals surface area contributed by atoms with Gasteiger partial charge in [0.2, 0.25) is 0 Å². The summed E-state index contributed by atoms with van der Waals surface area (Å²) < 4.78 is 15.5. The Morgan fingerprint density at radius 2 is 2.13 bits per heavy atom. The van der Waals surface area contributed by atoms with Crippen molar-refractivity contribution in [2.75, 3.05) is 6.61 Å². The molecule has 0 aromatic rings. The van der Waals surface area contributed by atoms with Crippen molar-refractivity contribution in [1.29, 1.82) is 0 Å². The van der Waals surface area contributed by atoms with Crippen molar-refractivity contribution >= 4 is 11.8 Å². The van der Waals surface area contributed by atoms with E-state index in [-0.39, 0.29) is 30.9 Å². The Balaban J connectivity index is 2.05. The van der Waals surface area contributed by atoms with Gasteiger partial charge < -0.3 is 14.2 Å². The van der Waals surface area contributed by atoms with Gasteiger partial charge in [-0.1, -0.05) is 0 Å². The fraction of sp³-hybridized carbons (Fsp3) is 0.800. The Kier molecular flexibility index (Phi) is 2.52. The largest absolute Gasteiger partial charge is 0.465 e. The van der Waals surface area contributed by atoms with Crippen molar-refractivity contribution in [1.82, 2.24) is 0 Å². The normalized spacial score (nSPS) is 32.8. The summed E-state index contributed by atoms with van der Waals surface area (Å²) in [6, 6.07) is 0. The average molecular weight is 214 g/mol. The zero-order valence-electron chi connectivity index (χ0n) is 8.82. The van der Waals surface area contributed by atoms with Crippen LogP contribution in [-0.2, 0) is 23.8 Å². The lowest BCUT2D eigenvalue weighted by Crippen LogP contribution is -2.61. The topological polar surface area (TPSA) is 61.8 Å². The Hall–Kier alpha value is -0.940. The first-order valence-electron chi connectivity index (χ1n) is 5.08. The number of carbonyl (C=O) groups is 2. The molecule has 0 radical (unpaired) electrons. The molecule has 0 atom stereocenters. The van der Waals surface area contributed by atoms with Crippen LogP contribution in [0.2, 0.25) is 0 Å². The van der Waals surface area contributed by atoms with E-state index in [1.807, 2.05) is 0 Å². The molecule has 84 valence electrons. The summed E-state index contributed by atoms with van der Waals surface area (Å²) in [6.45, 7) is 3.78. The van der Waals surface area contributed by atoms with E-state index in [9.17, 15) is 9.59 Å². The number of carbonyl (C=O) groups excluding carboxylic acids is 2. The van der Waals surface area contributed by atoms with Crippen molar-refractivity contribution < 1.29 is 23.8 Å². The van der Waals surface area contributed by atoms with E-state index in [0.29, 0.717) is 6.61 Å². The summed E-state index contributed by atoms with van der Waals surface area (Å²) in [5, 5.41) is 0. The van der Waals surface area contributed by atoms with Gasteiger partial charge in [-0.3, -0.25) is 9.59 Å². The molecular formula is C10H14O5. The van der Waals surface area contributed by atoms with Crippen LogP contribution in [0.3, 0.4) is 0 Å². The molecule has 5 heteroatoms. The van der Waals surface area contributed by atoms with E-state index in [1.165, 1.54) is 0 Å². The highest BCUT2D eigenvalue weighted by molar-refractivity contribution is 5.98. The molecule has 1 saturated carbocycles. The predicted octanol–water partition coefficient (Wildman–Crippen LogP) is 0.618. The molecule has 0 N–H and O–H groups in total. The first-order chi connectivity index (χ1) is 7.08. The standard InChI is InChI=1S/C10H14O5/c1-3-13-8(12)10(4-7(11)5-10)9-14-6(2)15-9/h6,9H,3-5H2,1-2H3. The second kappa shape index (κ2) is 3.57. The van der Waals surface area contributed by atoms with Crippen LogP contribution >= 0.6 is 0 Å². The van der Waals surface area contributed by atoms with Crippen molar-refractivity contribution in [2.45, 2.75) is 39.3 Å². The van der Waals surface area contributed by atoms with Gasteiger partial charge in [-0.2, -0.15) is 0 Å². The predicted molar refractivity (Wildman–Crippen MR) is 48.7 cm³/mol. The Bertz CT molecular complexity index is 284. The molecule has 1 aliphatic heterocycles. The summed E-state index contributed by atoms with van der Waals surface area (Å²) in [5.74, 6) is -0.337. The van der Waals surface area contributed by atoms with Crippen LogP contribution in [0.5, 0.6) is 0 Å². The minimum Gasteiger partial charge on any atom is -0.465 e. The van der Waals surface area contributed by atoms with E-state index in [1.54, 1.807) is 13.8 Å². The van der Waals surface area contributed by atoms with E-state index in [4.69, 9.17) is 14.2 Å². The molecule has 0 unspecified atom stereocenters. The minimum absolute atomic E-state index is 0.0507. The summed E-state index contributed by atoms with van der Waals surface area (Å²) in [5.41, 5.74) is -0.875. The molecule has 15 heavy (non-hydrogen) atoms. The van der Waals surface area contributed by atoms with Crippen LogP contribution in [0.4, 0.5) is 0 Å². The maximum absolute atomic E-state index is 11.7. The van der Waals surface area contributed by atoms with Crippen molar-refractivity contribution in [2.24, 2.45) is 5.41 Å². The van der Waals surface area contributed by atoms with Crippen LogP contribution < -0.4 is 0 Å². The lowest BCUT2D eigenvalue weighted by molar-refractivity contribution is -0.409. The molecule has 2 rings (SSSR count). The molecule has 2 fully saturated rings. The van der Waals surface area contributed by atoms with Crippen molar-refractivity contribution in [3.8, 4) is 0 Å². The fourth-order valence-corrected chi connectivity index (χ4v) is 1.95.